The van der Waals surface area contributed by atoms with E-state index >= 15 is 0 Å². The van der Waals surface area contributed by atoms with E-state index < -0.39 is 0 Å². The molecule has 2 aromatic rings. The second-order valence-electron chi connectivity index (χ2n) is 4.84. The van der Waals surface area contributed by atoms with Crippen LogP contribution in [-0.2, 0) is 6.42 Å². The number of para-hydroxylation sites is 1. The number of hydrogen-bond acceptors (Lipinski definition) is 3. The van der Waals surface area contributed by atoms with Crippen LogP contribution in [0.2, 0.25) is 0 Å². The zero-order valence-electron chi connectivity index (χ0n) is 11.4. The summed E-state index contributed by atoms with van der Waals surface area (Å²) in [5.74, 6) is 0.862. The first-order chi connectivity index (χ1) is 9.16. The van der Waals surface area contributed by atoms with Crippen molar-refractivity contribution in [1.82, 2.24) is 4.98 Å². The van der Waals surface area contributed by atoms with Crippen molar-refractivity contribution in [2.24, 2.45) is 5.73 Å². The largest absolute Gasteiger partial charge is 0.491 e. The van der Waals surface area contributed by atoms with Crippen molar-refractivity contribution in [2.75, 3.05) is 0 Å². The molecule has 0 fully saturated rings. The second-order valence-corrected chi connectivity index (χ2v) is 4.84. The minimum absolute atomic E-state index is 0.107. The van der Waals surface area contributed by atoms with Crippen LogP contribution in [-0.4, -0.2) is 11.1 Å². The fourth-order valence-corrected chi connectivity index (χ4v) is 2.00. The molecule has 0 aliphatic carbocycles. The number of pyridine rings is 1. The molecule has 0 saturated carbocycles. The van der Waals surface area contributed by atoms with E-state index in [1.165, 1.54) is 0 Å². The highest BCUT2D eigenvalue weighted by molar-refractivity contribution is 5.36. The maximum atomic E-state index is 6.28. The van der Waals surface area contributed by atoms with E-state index in [1.807, 2.05) is 56.3 Å². The smallest absolute Gasteiger partial charge is 0.124 e. The third-order valence-corrected chi connectivity index (χ3v) is 2.84. The zero-order chi connectivity index (χ0) is 13.7. The van der Waals surface area contributed by atoms with Crippen molar-refractivity contribution in [3.63, 3.8) is 0 Å². The van der Waals surface area contributed by atoms with Crippen molar-refractivity contribution in [1.29, 1.82) is 0 Å². The summed E-state index contributed by atoms with van der Waals surface area (Å²) in [6, 6.07) is 13.7. The van der Waals surface area contributed by atoms with Gasteiger partial charge in [0.2, 0.25) is 0 Å². The average Bonchev–Trinajstić information content (AvgIpc) is 2.39. The number of rotatable bonds is 5. The molecular formula is C16H20N2O. The highest BCUT2D eigenvalue weighted by Crippen LogP contribution is 2.26. The lowest BCUT2D eigenvalue weighted by Gasteiger charge is -2.18. The second kappa shape index (κ2) is 6.34. The van der Waals surface area contributed by atoms with Gasteiger partial charge in [-0.1, -0.05) is 24.3 Å². The Kier molecular flexibility index (Phi) is 4.53. The van der Waals surface area contributed by atoms with Gasteiger partial charge in [0, 0.05) is 29.9 Å². The van der Waals surface area contributed by atoms with Crippen molar-refractivity contribution in [3.8, 4) is 5.75 Å². The lowest BCUT2D eigenvalue weighted by Crippen LogP contribution is -2.17. The normalized spacial score (nSPS) is 12.4. The first kappa shape index (κ1) is 13.6. The average molecular weight is 256 g/mol. The maximum absolute atomic E-state index is 6.28. The van der Waals surface area contributed by atoms with E-state index in [4.69, 9.17) is 10.5 Å². The lowest BCUT2D eigenvalue weighted by molar-refractivity contribution is 0.238. The fourth-order valence-electron chi connectivity index (χ4n) is 2.00. The van der Waals surface area contributed by atoms with Gasteiger partial charge in [-0.05, 0) is 32.0 Å². The molecule has 0 aliphatic rings. The number of ether oxygens (including phenoxy) is 1. The number of hydrogen-bond donors (Lipinski definition) is 1. The van der Waals surface area contributed by atoms with E-state index in [1.54, 1.807) is 6.20 Å². The van der Waals surface area contributed by atoms with Crippen molar-refractivity contribution < 1.29 is 4.74 Å². The third-order valence-electron chi connectivity index (χ3n) is 2.84. The van der Waals surface area contributed by atoms with Crippen LogP contribution in [0.15, 0.2) is 48.7 Å². The van der Waals surface area contributed by atoms with Crippen molar-refractivity contribution >= 4 is 0 Å². The van der Waals surface area contributed by atoms with Crippen LogP contribution in [0.25, 0.3) is 0 Å². The van der Waals surface area contributed by atoms with Crippen LogP contribution in [0.1, 0.15) is 31.1 Å². The summed E-state index contributed by atoms with van der Waals surface area (Å²) in [7, 11) is 0. The quantitative estimate of drug-likeness (QED) is 0.894. The van der Waals surface area contributed by atoms with Crippen molar-refractivity contribution in [3.05, 3.63) is 59.9 Å². The standard InChI is InChI=1S/C16H20N2O/c1-12(2)19-16-9-4-3-8-14(16)15(17)11-13-7-5-6-10-18-13/h3-10,12,15H,11,17H2,1-2H3. The maximum Gasteiger partial charge on any atom is 0.124 e. The minimum atomic E-state index is -0.107. The van der Waals surface area contributed by atoms with Crippen LogP contribution in [0.5, 0.6) is 5.75 Å². The Morgan fingerprint density at radius 3 is 2.53 bits per heavy atom. The first-order valence-corrected chi connectivity index (χ1v) is 6.58. The van der Waals surface area contributed by atoms with Gasteiger partial charge in [0.05, 0.1) is 6.10 Å². The summed E-state index contributed by atoms with van der Waals surface area (Å²) in [5.41, 5.74) is 8.31. The molecule has 2 rings (SSSR count). The van der Waals surface area contributed by atoms with E-state index in [-0.39, 0.29) is 12.1 Å². The van der Waals surface area contributed by atoms with Gasteiger partial charge in [-0.2, -0.15) is 0 Å². The third kappa shape index (κ3) is 3.80. The summed E-state index contributed by atoms with van der Waals surface area (Å²) in [5, 5.41) is 0. The Morgan fingerprint density at radius 2 is 1.84 bits per heavy atom. The lowest BCUT2D eigenvalue weighted by atomic mass is 10.0. The Balaban J connectivity index is 2.16. The molecule has 1 unspecified atom stereocenters. The molecular weight excluding hydrogens is 236 g/mol. The molecule has 100 valence electrons. The van der Waals surface area contributed by atoms with E-state index in [0.29, 0.717) is 6.42 Å². The highest BCUT2D eigenvalue weighted by atomic mass is 16.5. The van der Waals surface area contributed by atoms with Gasteiger partial charge in [0.25, 0.3) is 0 Å². The Hall–Kier alpha value is -1.87. The predicted octanol–water partition coefficient (Wildman–Crippen LogP) is 3.11. The molecule has 0 radical (unpaired) electrons. The highest BCUT2D eigenvalue weighted by Gasteiger charge is 2.13. The topological polar surface area (TPSA) is 48.1 Å². The van der Waals surface area contributed by atoms with Gasteiger partial charge in [-0.25, -0.2) is 0 Å². The van der Waals surface area contributed by atoms with Gasteiger partial charge in [0.1, 0.15) is 5.75 Å². The van der Waals surface area contributed by atoms with Gasteiger partial charge in [-0.15, -0.1) is 0 Å². The monoisotopic (exact) mass is 256 g/mol. The summed E-state index contributed by atoms with van der Waals surface area (Å²) in [6.07, 6.45) is 2.64. The summed E-state index contributed by atoms with van der Waals surface area (Å²) in [4.78, 5) is 4.31. The summed E-state index contributed by atoms with van der Waals surface area (Å²) in [6.45, 7) is 4.03. The van der Waals surface area contributed by atoms with Gasteiger partial charge >= 0.3 is 0 Å². The minimum Gasteiger partial charge on any atom is -0.491 e. The van der Waals surface area contributed by atoms with Crippen LogP contribution in [0, 0.1) is 0 Å². The van der Waals surface area contributed by atoms with Crippen LogP contribution < -0.4 is 10.5 Å². The molecule has 0 saturated heterocycles. The fraction of sp³-hybridized carbons (Fsp3) is 0.312. The van der Waals surface area contributed by atoms with Crippen LogP contribution in [0.3, 0.4) is 0 Å². The number of nitrogens with zero attached hydrogens (tertiary/aromatic N) is 1. The van der Waals surface area contributed by atoms with Gasteiger partial charge in [0.15, 0.2) is 0 Å². The SMILES string of the molecule is CC(C)Oc1ccccc1C(N)Cc1ccccn1. The number of nitrogens with two attached hydrogens (primary N) is 1. The molecule has 19 heavy (non-hydrogen) atoms. The Labute approximate surface area is 114 Å². The van der Waals surface area contributed by atoms with Crippen LogP contribution in [0.4, 0.5) is 0 Å². The Morgan fingerprint density at radius 1 is 1.11 bits per heavy atom. The molecule has 3 nitrogen and oxygen atoms in total. The van der Waals surface area contributed by atoms with Crippen molar-refractivity contribution in [2.45, 2.75) is 32.4 Å². The molecule has 1 aromatic carbocycles. The molecule has 3 heteroatoms. The number of aromatic nitrogens is 1. The summed E-state index contributed by atoms with van der Waals surface area (Å²) < 4.78 is 5.80. The summed E-state index contributed by atoms with van der Waals surface area (Å²) >= 11 is 0. The number of benzene rings is 1. The van der Waals surface area contributed by atoms with Gasteiger partial charge < -0.3 is 10.5 Å². The van der Waals surface area contributed by atoms with E-state index in [0.717, 1.165) is 17.0 Å². The molecule has 0 bridgehead atoms. The predicted molar refractivity (Wildman–Crippen MR) is 77.1 cm³/mol. The van der Waals surface area contributed by atoms with E-state index in [2.05, 4.69) is 4.98 Å². The zero-order valence-corrected chi connectivity index (χ0v) is 11.4. The van der Waals surface area contributed by atoms with Gasteiger partial charge in [-0.3, -0.25) is 4.98 Å². The molecule has 0 aliphatic heterocycles. The molecule has 2 N–H and O–H groups in total. The molecule has 1 heterocycles. The van der Waals surface area contributed by atoms with Crippen LogP contribution >= 0.6 is 0 Å². The molecule has 1 aromatic heterocycles. The molecule has 0 amide bonds. The first-order valence-electron chi connectivity index (χ1n) is 6.58. The van der Waals surface area contributed by atoms with E-state index in [9.17, 15) is 0 Å². The molecule has 1 atom stereocenters. The Bertz CT molecular complexity index is 511. The molecule has 0 spiro atoms.